The molecule has 0 aromatic rings. The van der Waals surface area contributed by atoms with Crippen molar-refractivity contribution in [2.24, 2.45) is 0 Å². The quantitative estimate of drug-likeness (QED) is 0.474. The Balaban J connectivity index is 2.15. The Labute approximate surface area is 54.2 Å². The summed E-state index contributed by atoms with van der Waals surface area (Å²) in [6.45, 7) is 1.70. The van der Waals surface area contributed by atoms with Gasteiger partial charge in [0.15, 0.2) is 0 Å². The van der Waals surface area contributed by atoms with Crippen LogP contribution in [0.1, 0.15) is 12.8 Å². The molecule has 0 bridgehead atoms. The van der Waals surface area contributed by atoms with Gasteiger partial charge < -0.3 is 4.90 Å². The SMILES string of the molecule is F[C@H]1CC2=CCCN2C1. The van der Waals surface area contributed by atoms with Crippen molar-refractivity contribution in [3.8, 4) is 0 Å². The highest BCUT2D eigenvalue weighted by Crippen LogP contribution is 2.27. The van der Waals surface area contributed by atoms with E-state index in [-0.39, 0.29) is 0 Å². The maximum Gasteiger partial charge on any atom is 0.123 e. The van der Waals surface area contributed by atoms with Crippen LogP contribution >= 0.6 is 0 Å². The summed E-state index contributed by atoms with van der Waals surface area (Å²) in [5.41, 5.74) is 1.24. The van der Waals surface area contributed by atoms with Crippen molar-refractivity contribution in [2.45, 2.75) is 19.0 Å². The maximum atomic E-state index is 12.6. The monoisotopic (exact) mass is 127 g/mol. The Kier molecular flexibility index (Phi) is 1.01. The predicted octanol–water partition coefficient (Wildman–Crippen LogP) is 1.32. The van der Waals surface area contributed by atoms with Gasteiger partial charge in [-0.1, -0.05) is 6.08 Å². The summed E-state index contributed by atoms with van der Waals surface area (Å²) < 4.78 is 12.6. The lowest BCUT2D eigenvalue weighted by Crippen LogP contribution is -2.16. The van der Waals surface area contributed by atoms with Crippen LogP contribution in [0.15, 0.2) is 11.8 Å². The van der Waals surface area contributed by atoms with Gasteiger partial charge in [0.1, 0.15) is 6.17 Å². The summed E-state index contributed by atoms with van der Waals surface area (Å²) in [5.74, 6) is 0. The molecule has 0 unspecified atom stereocenters. The molecule has 1 nitrogen and oxygen atoms in total. The van der Waals surface area contributed by atoms with Crippen molar-refractivity contribution in [3.63, 3.8) is 0 Å². The van der Waals surface area contributed by atoms with Gasteiger partial charge in [-0.05, 0) is 6.42 Å². The molecule has 1 fully saturated rings. The Morgan fingerprint density at radius 3 is 3.33 bits per heavy atom. The number of rotatable bonds is 0. The largest absolute Gasteiger partial charge is 0.372 e. The summed E-state index contributed by atoms with van der Waals surface area (Å²) in [6.07, 6.45) is 3.36. The number of allylic oxidation sites excluding steroid dienone is 1. The van der Waals surface area contributed by atoms with Gasteiger partial charge in [-0.15, -0.1) is 0 Å². The van der Waals surface area contributed by atoms with Crippen LogP contribution in [0.2, 0.25) is 0 Å². The lowest BCUT2D eigenvalue weighted by atomic mass is 10.3. The zero-order chi connectivity index (χ0) is 6.27. The highest BCUT2D eigenvalue weighted by atomic mass is 19.1. The van der Waals surface area contributed by atoms with Crippen LogP contribution in [0.25, 0.3) is 0 Å². The number of alkyl halides is 1. The average molecular weight is 127 g/mol. The minimum absolute atomic E-state index is 0.587. The third kappa shape index (κ3) is 0.732. The fourth-order valence-corrected chi connectivity index (χ4v) is 1.61. The summed E-state index contributed by atoms with van der Waals surface area (Å²) in [6, 6.07) is 0. The molecule has 0 saturated carbocycles. The molecule has 50 valence electrons. The Bertz CT molecular complexity index is 153. The fraction of sp³-hybridized carbons (Fsp3) is 0.714. The minimum atomic E-state index is -0.587. The lowest BCUT2D eigenvalue weighted by Gasteiger charge is -2.11. The van der Waals surface area contributed by atoms with Crippen LogP contribution < -0.4 is 0 Å². The molecular formula is C7H10FN. The first-order valence-electron chi connectivity index (χ1n) is 3.44. The Hall–Kier alpha value is -0.530. The predicted molar refractivity (Wildman–Crippen MR) is 33.8 cm³/mol. The molecule has 0 aliphatic carbocycles. The van der Waals surface area contributed by atoms with Crippen molar-refractivity contribution < 1.29 is 4.39 Å². The van der Waals surface area contributed by atoms with E-state index < -0.39 is 6.17 Å². The van der Waals surface area contributed by atoms with Gasteiger partial charge in [0.05, 0.1) is 0 Å². The number of fused-ring (bicyclic) bond motifs is 1. The topological polar surface area (TPSA) is 3.24 Å². The molecule has 9 heavy (non-hydrogen) atoms. The van der Waals surface area contributed by atoms with Gasteiger partial charge in [-0.3, -0.25) is 0 Å². The maximum absolute atomic E-state index is 12.6. The van der Waals surface area contributed by atoms with E-state index in [0.717, 1.165) is 13.0 Å². The molecule has 0 radical (unpaired) electrons. The second-order valence-electron chi connectivity index (χ2n) is 2.73. The van der Waals surface area contributed by atoms with Crippen LogP contribution in [0, 0.1) is 0 Å². The van der Waals surface area contributed by atoms with E-state index in [1.54, 1.807) is 0 Å². The van der Waals surface area contributed by atoms with Crippen LogP contribution in [0.4, 0.5) is 4.39 Å². The van der Waals surface area contributed by atoms with E-state index in [0.29, 0.717) is 13.0 Å². The van der Waals surface area contributed by atoms with E-state index in [4.69, 9.17) is 0 Å². The van der Waals surface area contributed by atoms with Crippen molar-refractivity contribution >= 4 is 0 Å². The fourth-order valence-electron chi connectivity index (χ4n) is 1.61. The van der Waals surface area contributed by atoms with E-state index in [9.17, 15) is 4.39 Å². The normalized spacial score (nSPS) is 32.8. The summed E-state index contributed by atoms with van der Waals surface area (Å²) in [4.78, 5) is 2.14. The van der Waals surface area contributed by atoms with Crippen LogP contribution in [0.5, 0.6) is 0 Å². The molecule has 2 rings (SSSR count). The van der Waals surface area contributed by atoms with Gasteiger partial charge in [0.2, 0.25) is 0 Å². The molecule has 2 aliphatic rings. The summed E-state index contributed by atoms with van der Waals surface area (Å²) in [7, 11) is 0. The highest BCUT2D eigenvalue weighted by Gasteiger charge is 2.27. The van der Waals surface area contributed by atoms with E-state index in [1.165, 1.54) is 5.70 Å². The molecule has 2 aliphatic heterocycles. The molecule has 1 saturated heterocycles. The van der Waals surface area contributed by atoms with Gasteiger partial charge in [-0.2, -0.15) is 0 Å². The van der Waals surface area contributed by atoms with Gasteiger partial charge in [0.25, 0.3) is 0 Å². The first-order chi connectivity index (χ1) is 4.36. The Morgan fingerprint density at radius 2 is 2.56 bits per heavy atom. The second-order valence-corrected chi connectivity index (χ2v) is 2.73. The zero-order valence-corrected chi connectivity index (χ0v) is 5.31. The molecular weight excluding hydrogens is 117 g/mol. The van der Waals surface area contributed by atoms with Crippen LogP contribution in [-0.4, -0.2) is 24.2 Å². The molecule has 0 aromatic carbocycles. The van der Waals surface area contributed by atoms with Crippen molar-refractivity contribution in [2.75, 3.05) is 13.1 Å². The molecule has 0 N–H and O–H groups in total. The van der Waals surface area contributed by atoms with Gasteiger partial charge >= 0.3 is 0 Å². The Morgan fingerprint density at radius 1 is 1.67 bits per heavy atom. The highest BCUT2D eigenvalue weighted by molar-refractivity contribution is 5.13. The van der Waals surface area contributed by atoms with Crippen LogP contribution in [-0.2, 0) is 0 Å². The second kappa shape index (κ2) is 1.72. The zero-order valence-electron chi connectivity index (χ0n) is 5.31. The van der Waals surface area contributed by atoms with Crippen molar-refractivity contribution in [3.05, 3.63) is 11.8 Å². The average Bonchev–Trinajstić information content (AvgIpc) is 2.22. The first-order valence-corrected chi connectivity index (χ1v) is 3.44. The van der Waals surface area contributed by atoms with Crippen LogP contribution in [0.3, 0.4) is 0 Å². The third-order valence-electron chi connectivity index (χ3n) is 2.03. The van der Waals surface area contributed by atoms with Gasteiger partial charge in [-0.25, -0.2) is 4.39 Å². The van der Waals surface area contributed by atoms with E-state index in [1.807, 2.05) is 0 Å². The smallest absolute Gasteiger partial charge is 0.123 e. The number of halogens is 1. The minimum Gasteiger partial charge on any atom is -0.372 e. The van der Waals surface area contributed by atoms with E-state index in [2.05, 4.69) is 11.0 Å². The first kappa shape index (κ1) is 5.27. The molecule has 0 spiro atoms. The molecule has 0 aromatic heterocycles. The molecule has 2 heterocycles. The summed E-state index contributed by atoms with van der Waals surface area (Å²) >= 11 is 0. The van der Waals surface area contributed by atoms with Gasteiger partial charge in [0, 0.05) is 25.2 Å². The number of hydrogen-bond donors (Lipinski definition) is 0. The van der Waals surface area contributed by atoms with Crippen molar-refractivity contribution in [1.29, 1.82) is 0 Å². The number of hydrogen-bond acceptors (Lipinski definition) is 1. The standard InChI is InChI=1S/C7H10FN/c8-6-4-7-2-1-3-9(7)5-6/h2,6H,1,3-5H2/t6-/m0/s1. The summed E-state index contributed by atoms with van der Waals surface area (Å²) in [5, 5.41) is 0. The third-order valence-corrected chi connectivity index (χ3v) is 2.03. The van der Waals surface area contributed by atoms with E-state index >= 15 is 0 Å². The number of nitrogens with zero attached hydrogens (tertiary/aromatic N) is 1. The van der Waals surface area contributed by atoms with Crippen molar-refractivity contribution in [1.82, 2.24) is 4.90 Å². The molecule has 2 heteroatoms. The lowest BCUT2D eigenvalue weighted by molar-refractivity contribution is 0.308. The molecule has 1 atom stereocenters. The molecule has 0 amide bonds.